The van der Waals surface area contributed by atoms with Crippen LogP contribution in [0.15, 0.2) is 18.2 Å². The summed E-state index contributed by atoms with van der Waals surface area (Å²) in [5.41, 5.74) is 0.490. The minimum Gasteiger partial charge on any atom is -0.388 e. The molecule has 2 unspecified atom stereocenters. The van der Waals surface area contributed by atoms with Crippen LogP contribution in [-0.2, 0) is 0 Å². The summed E-state index contributed by atoms with van der Waals surface area (Å²) in [6.07, 6.45) is 2.09. The maximum absolute atomic E-state index is 13.2. The lowest BCUT2D eigenvalue weighted by molar-refractivity contribution is 0.145. The molecule has 16 heavy (non-hydrogen) atoms. The molecule has 2 atom stereocenters. The van der Waals surface area contributed by atoms with Crippen LogP contribution in [0.3, 0.4) is 0 Å². The standard InChI is InChI=1S/C13H18ClFO/c1-3-5-9(2)8-12(16)10-6-4-7-11(15)13(10)14/h4,6-7,9,12,16H,3,5,8H2,1-2H3. The highest BCUT2D eigenvalue weighted by atomic mass is 35.5. The zero-order valence-electron chi connectivity index (χ0n) is 9.71. The van der Waals surface area contributed by atoms with Gasteiger partial charge in [0.2, 0.25) is 0 Å². The molecule has 1 nitrogen and oxygen atoms in total. The van der Waals surface area contributed by atoms with Crippen LogP contribution in [0.5, 0.6) is 0 Å². The van der Waals surface area contributed by atoms with Crippen molar-refractivity contribution in [2.24, 2.45) is 5.92 Å². The number of benzene rings is 1. The number of rotatable bonds is 5. The van der Waals surface area contributed by atoms with Gasteiger partial charge in [-0.1, -0.05) is 50.4 Å². The van der Waals surface area contributed by atoms with Gasteiger partial charge in [0.05, 0.1) is 11.1 Å². The van der Waals surface area contributed by atoms with Gasteiger partial charge in [-0.3, -0.25) is 0 Å². The van der Waals surface area contributed by atoms with E-state index in [2.05, 4.69) is 13.8 Å². The monoisotopic (exact) mass is 244 g/mol. The first-order valence-electron chi connectivity index (χ1n) is 5.68. The SMILES string of the molecule is CCCC(C)CC(O)c1cccc(F)c1Cl. The minimum atomic E-state index is -0.676. The van der Waals surface area contributed by atoms with E-state index in [9.17, 15) is 9.50 Å². The van der Waals surface area contributed by atoms with Crippen LogP contribution in [0.4, 0.5) is 4.39 Å². The summed E-state index contributed by atoms with van der Waals surface area (Å²) >= 11 is 5.81. The lowest BCUT2D eigenvalue weighted by Gasteiger charge is -2.17. The molecule has 0 radical (unpaired) electrons. The van der Waals surface area contributed by atoms with E-state index >= 15 is 0 Å². The van der Waals surface area contributed by atoms with E-state index < -0.39 is 11.9 Å². The molecule has 0 amide bonds. The Kier molecular flexibility index (Phi) is 5.23. The van der Waals surface area contributed by atoms with Crippen molar-refractivity contribution >= 4 is 11.6 Å². The third-order valence-corrected chi connectivity index (χ3v) is 3.15. The first-order valence-corrected chi connectivity index (χ1v) is 6.06. The first-order chi connectivity index (χ1) is 7.56. The first kappa shape index (κ1) is 13.5. The second-order valence-electron chi connectivity index (χ2n) is 4.29. The second kappa shape index (κ2) is 6.21. The molecule has 0 aliphatic rings. The van der Waals surface area contributed by atoms with Crippen LogP contribution < -0.4 is 0 Å². The maximum Gasteiger partial charge on any atom is 0.142 e. The average Bonchev–Trinajstić information content (AvgIpc) is 2.22. The van der Waals surface area contributed by atoms with Crippen LogP contribution in [-0.4, -0.2) is 5.11 Å². The Morgan fingerprint density at radius 2 is 2.12 bits per heavy atom. The molecule has 0 saturated heterocycles. The maximum atomic E-state index is 13.2. The van der Waals surface area contributed by atoms with Crippen LogP contribution >= 0.6 is 11.6 Å². The summed E-state index contributed by atoms with van der Waals surface area (Å²) in [5.74, 6) is -0.0549. The Hall–Kier alpha value is -0.600. The van der Waals surface area contributed by atoms with Gasteiger partial charge in [-0.05, 0) is 18.4 Å². The Bertz CT molecular complexity index is 341. The molecule has 90 valence electrons. The molecule has 0 spiro atoms. The third kappa shape index (κ3) is 3.46. The zero-order chi connectivity index (χ0) is 12.1. The Labute approximate surface area is 101 Å². The van der Waals surface area contributed by atoms with E-state index in [0.29, 0.717) is 17.9 Å². The highest BCUT2D eigenvalue weighted by Crippen LogP contribution is 2.30. The van der Waals surface area contributed by atoms with Gasteiger partial charge in [0.15, 0.2) is 0 Å². The molecule has 1 aromatic carbocycles. The smallest absolute Gasteiger partial charge is 0.142 e. The number of hydrogen-bond donors (Lipinski definition) is 1. The predicted molar refractivity (Wildman–Crippen MR) is 65.1 cm³/mol. The molecule has 0 aromatic heterocycles. The minimum absolute atomic E-state index is 0.0405. The Balaban J connectivity index is 2.72. The fourth-order valence-corrected chi connectivity index (χ4v) is 2.15. The molecule has 0 fully saturated rings. The lowest BCUT2D eigenvalue weighted by atomic mass is 9.95. The Morgan fingerprint density at radius 3 is 2.75 bits per heavy atom. The van der Waals surface area contributed by atoms with Crippen molar-refractivity contribution in [2.45, 2.75) is 39.2 Å². The van der Waals surface area contributed by atoms with Crippen molar-refractivity contribution in [2.75, 3.05) is 0 Å². The van der Waals surface area contributed by atoms with E-state index in [0.717, 1.165) is 12.8 Å². The predicted octanol–water partition coefficient (Wildman–Crippen LogP) is 4.34. The number of aliphatic hydroxyl groups is 1. The molecule has 3 heteroatoms. The molecule has 0 bridgehead atoms. The average molecular weight is 245 g/mol. The highest BCUT2D eigenvalue weighted by Gasteiger charge is 2.16. The van der Waals surface area contributed by atoms with E-state index in [1.807, 2.05) is 0 Å². The van der Waals surface area contributed by atoms with Crippen LogP contribution in [0.1, 0.15) is 44.8 Å². The molecule has 0 aliphatic heterocycles. The fraction of sp³-hybridized carbons (Fsp3) is 0.538. The summed E-state index contributed by atoms with van der Waals surface area (Å²) in [4.78, 5) is 0. The van der Waals surface area contributed by atoms with Gasteiger partial charge in [-0.25, -0.2) is 4.39 Å². The van der Waals surface area contributed by atoms with Gasteiger partial charge in [-0.15, -0.1) is 0 Å². The Morgan fingerprint density at radius 1 is 1.44 bits per heavy atom. The molecule has 1 rings (SSSR count). The van der Waals surface area contributed by atoms with Crippen LogP contribution in [0.25, 0.3) is 0 Å². The highest BCUT2D eigenvalue weighted by molar-refractivity contribution is 6.31. The summed E-state index contributed by atoms with van der Waals surface area (Å²) in [6.45, 7) is 4.19. The van der Waals surface area contributed by atoms with Crippen molar-refractivity contribution in [3.8, 4) is 0 Å². The zero-order valence-corrected chi connectivity index (χ0v) is 10.5. The van der Waals surface area contributed by atoms with Gasteiger partial charge < -0.3 is 5.11 Å². The van der Waals surface area contributed by atoms with Crippen LogP contribution in [0, 0.1) is 11.7 Å². The van der Waals surface area contributed by atoms with Crippen LogP contribution in [0.2, 0.25) is 5.02 Å². The largest absolute Gasteiger partial charge is 0.388 e. The van der Waals surface area contributed by atoms with Gasteiger partial charge in [0.25, 0.3) is 0 Å². The van der Waals surface area contributed by atoms with Gasteiger partial charge in [-0.2, -0.15) is 0 Å². The molecule has 0 heterocycles. The van der Waals surface area contributed by atoms with Crippen molar-refractivity contribution < 1.29 is 9.50 Å². The third-order valence-electron chi connectivity index (χ3n) is 2.75. The van der Waals surface area contributed by atoms with E-state index in [1.54, 1.807) is 12.1 Å². The van der Waals surface area contributed by atoms with Gasteiger partial charge in [0, 0.05) is 5.56 Å². The molecule has 1 N–H and O–H groups in total. The van der Waals surface area contributed by atoms with Gasteiger partial charge >= 0.3 is 0 Å². The topological polar surface area (TPSA) is 20.2 Å². The second-order valence-corrected chi connectivity index (χ2v) is 4.67. The molecular weight excluding hydrogens is 227 g/mol. The summed E-state index contributed by atoms with van der Waals surface area (Å²) in [5, 5.41) is 10.0. The molecular formula is C13H18ClFO. The normalized spacial score (nSPS) is 14.8. The van der Waals surface area contributed by atoms with Crippen molar-refractivity contribution in [1.82, 2.24) is 0 Å². The fourth-order valence-electron chi connectivity index (χ4n) is 1.90. The molecule has 0 saturated carbocycles. The van der Waals surface area contributed by atoms with Crippen molar-refractivity contribution in [3.63, 3.8) is 0 Å². The van der Waals surface area contributed by atoms with E-state index in [4.69, 9.17) is 11.6 Å². The summed E-state index contributed by atoms with van der Waals surface area (Å²) < 4.78 is 13.2. The van der Waals surface area contributed by atoms with Crippen molar-refractivity contribution in [3.05, 3.63) is 34.6 Å². The van der Waals surface area contributed by atoms with E-state index in [1.165, 1.54) is 6.07 Å². The lowest BCUT2D eigenvalue weighted by Crippen LogP contribution is -2.05. The van der Waals surface area contributed by atoms with E-state index in [-0.39, 0.29) is 5.02 Å². The molecule has 0 aliphatic carbocycles. The number of hydrogen-bond acceptors (Lipinski definition) is 1. The number of aliphatic hydroxyl groups excluding tert-OH is 1. The molecule has 1 aromatic rings. The summed E-state index contributed by atoms with van der Waals surface area (Å²) in [7, 11) is 0. The number of halogens is 2. The summed E-state index contributed by atoms with van der Waals surface area (Å²) in [6, 6.07) is 4.55. The van der Waals surface area contributed by atoms with Crippen molar-refractivity contribution in [1.29, 1.82) is 0 Å². The quantitative estimate of drug-likeness (QED) is 0.817. The van der Waals surface area contributed by atoms with Gasteiger partial charge in [0.1, 0.15) is 5.82 Å².